The zero-order chi connectivity index (χ0) is 15.9. The molecule has 1 unspecified atom stereocenters. The molecule has 0 saturated heterocycles. The van der Waals surface area contributed by atoms with E-state index in [2.05, 4.69) is 36.2 Å². The molecule has 0 spiro atoms. The van der Waals surface area contributed by atoms with Crippen LogP contribution in [0.1, 0.15) is 29.3 Å². The first-order valence-electron chi connectivity index (χ1n) is 7.53. The van der Waals surface area contributed by atoms with Gasteiger partial charge in [-0.1, -0.05) is 24.3 Å². The van der Waals surface area contributed by atoms with Crippen LogP contribution in [-0.4, -0.2) is 21.1 Å². The maximum Gasteiger partial charge on any atom is 0.330 e. The molecule has 1 aliphatic rings. The fourth-order valence-electron chi connectivity index (χ4n) is 3.29. The Labute approximate surface area is 129 Å². The summed E-state index contributed by atoms with van der Waals surface area (Å²) >= 11 is 0. The van der Waals surface area contributed by atoms with Crippen LogP contribution in [-0.2, 0) is 27.1 Å². The van der Waals surface area contributed by atoms with Gasteiger partial charge >= 0.3 is 5.69 Å². The van der Waals surface area contributed by atoms with Gasteiger partial charge in [0.2, 0.25) is 0 Å². The maximum atomic E-state index is 12.0. The maximum absolute atomic E-state index is 12.0. The molecule has 5 heteroatoms. The van der Waals surface area contributed by atoms with Crippen LogP contribution >= 0.6 is 0 Å². The first kappa shape index (κ1) is 14.8. The Hall–Kier alpha value is -2.14. The Morgan fingerprint density at radius 1 is 1.18 bits per heavy atom. The Morgan fingerprint density at radius 3 is 2.68 bits per heavy atom. The molecular formula is C17H21N3O2. The molecular weight excluding hydrogens is 278 g/mol. The number of hydrogen-bond acceptors (Lipinski definition) is 3. The van der Waals surface area contributed by atoms with Gasteiger partial charge in [0.15, 0.2) is 0 Å². The third kappa shape index (κ3) is 2.41. The molecule has 2 aromatic rings. The minimum atomic E-state index is -0.275. The Bertz CT molecular complexity index is 819. The van der Waals surface area contributed by atoms with Gasteiger partial charge in [0.1, 0.15) is 0 Å². The average molecular weight is 299 g/mol. The van der Waals surface area contributed by atoms with Crippen molar-refractivity contribution in [3.05, 3.63) is 68.0 Å². The van der Waals surface area contributed by atoms with Gasteiger partial charge < -0.3 is 0 Å². The van der Waals surface area contributed by atoms with E-state index in [0.717, 1.165) is 23.1 Å². The molecule has 0 saturated carbocycles. The highest BCUT2D eigenvalue weighted by Gasteiger charge is 2.25. The molecule has 0 fully saturated rings. The van der Waals surface area contributed by atoms with E-state index in [1.165, 1.54) is 18.2 Å². The quantitative estimate of drug-likeness (QED) is 0.856. The van der Waals surface area contributed by atoms with Crippen molar-refractivity contribution in [1.82, 2.24) is 14.0 Å². The molecule has 0 amide bonds. The number of rotatable bonds is 3. The van der Waals surface area contributed by atoms with Gasteiger partial charge in [-0.05, 0) is 31.0 Å². The lowest BCUT2D eigenvalue weighted by molar-refractivity contribution is 0.229. The van der Waals surface area contributed by atoms with Crippen molar-refractivity contribution >= 4 is 0 Å². The first-order chi connectivity index (χ1) is 10.5. The van der Waals surface area contributed by atoms with Crippen LogP contribution in [0.3, 0.4) is 0 Å². The van der Waals surface area contributed by atoms with E-state index in [9.17, 15) is 9.59 Å². The molecule has 1 aromatic heterocycles. The second kappa shape index (κ2) is 5.57. The fourth-order valence-corrected chi connectivity index (χ4v) is 3.29. The van der Waals surface area contributed by atoms with Crippen LogP contribution < -0.4 is 11.2 Å². The van der Waals surface area contributed by atoms with Crippen molar-refractivity contribution in [3.63, 3.8) is 0 Å². The zero-order valence-electron chi connectivity index (χ0n) is 13.2. The summed E-state index contributed by atoms with van der Waals surface area (Å²) in [7, 11) is 5.27. The van der Waals surface area contributed by atoms with Gasteiger partial charge in [-0.25, -0.2) is 4.79 Å². The van der Waals surface area contributed by atoms with Crippen LogP contribution in [0, 0.1) is 0 Å². The molecule has 3 rings (SSSR count). The molecule has 116 valence electrons. The van der Waals surface area contributed by atoms with Crippen LogP contribution in [0.25, 0.3) is 0 Å². The summed E-state index contributed by atoms with van der Waals surface area (Å²) < 4.78 is 2.69. The van der Waals surface area contributed by atoms with Crippen molar-refractivity contribution in [2.24, 2.45) is 14.1 Å². The average Bonchev–Trinajstić information content (AvgIpc) is 2.94. The summed E-state index contributed by atoms with van der Waals surface area (Å²) in [5, 5.41) is 0. The van der Waals surface area contributed by atoms with Crippen molar-refractivity contribution < 1.29 is 0 Å². The highest BCUT2D eigenvalue weighted by molar-refractivity contribution is 5.34. The van der Waals surface area contributed by atoms with Crippen molar-refractivity contribution in [2.75, 3.05) is 7.05 Å². The van der Waals surface area contributed by atoms with Gasteiger partial charge in [-0.3, -0.25) is 18.8 Å². The zero-order valence-corrected chi connectivity index (χ0v) is 13.2. The summed E-state index contributed by atoms with van der Waals surface area (Å²) in [5.74, 6) is 0. The third-order valence-corrected chi connectivity index (χ3v) is 4.67. The highest BCUT2D eigenvalue weighted by atomic mass is 16.2. The molecule has 1 aliphatic carbocycles. The van der Waals surface area contributed by atoms with Gasteiger partial charge in [0.25, 0.3) is 5.56 Å². The van der Waals surface area contributed by atoms with E-state index in [-0.39, 0.29) is 11.2 Å². The first-order valence-corrected chi connectivity index (χ1v) is 7.53. The van der Waals surface area contributed by atoms with Crippen LogP contribution in [0.5, 0.6) is 0 Å². The topological polar surface area (TPSA) is 47.2 Å². The summed E-state index contributed by atoms with van der Waals surface area (Å²) in [6.45, 7) is 0.584. The molecule has 0 aliphatic heterocycles. The van der Waals surface area contributed by atoms with Gasteiger partial charge in [0.05, 0.1) is 0 Å². The molecule has 1 atom stereocenters. The summed E-state index contributed by atoms with van der Waals surface area (Å²) in [6.07, 6.45) is 2.16. The smallest absolute Gasteiger partial charge is 0.299 e. The molecule has 1 aromatic carbocycles. The number of hydrogen-bond donors (Lipinski definition) is 0. The minimum absolute atomic E-state index is 0.252. The van der Waals surface area contributed by atoms with Crippen LogP contribution in [0.4, 0.5) is 0 Å². The van der Waals surface area contributed by atoms with E-state index >= 15 is 0 Å². The van der Waals surface area contributed by atoms with Crippen LogP contribution in [0.15, 0.2) is 39.9 Å². The normalized spacial score (nSPS) is 17.0. The SMILES string of the molecule is CN(Cc1cc(=O)n(C)c(=O)n1C)C1CCc2ccccc21. The van der Waals surface area contributed by atoms with Crippen molar-refractivity contribution in [1.29, 1.82) is 0 Å². The van der Waals surface area contributed by atoms with E-state index in [1.807, 2.05) is 0 Å². The Kier molecular flexibility index (Phi) is 3.74. The van der Waals surface area contributed by atoms with E-state index in [1.54, 1.807) is 17.7 Å². The second-order valence-electron chi connectivity index (χ2n) is 6.04. The second-order valence-corrected chi connectivity index (χ2v) is 6.04. The molecule has 5 nitrogen and oxygen atoms in total. The molecule has 0 bridgehead atoms. The van der Waals surface area contributed by atoms with Gasteiger partial charge in [-0.15, -0.1) is 0 Å². The summed E-state index contributed by atoms with van der Waals surface area (Å²) in [6, 6.07) is 10.4. The largest absolute Gasteiger partial charge is 0.330 e. The summed E-state index contributed by atoms with van der Waals surface area (Å²) in [5.41, 5.74) is 2.98. The highest BCUT2D eigenvalue weighted by Crippen LogP contribution is 2.35. The molecule has 0 N–H and O–H groups in total. The van der Waals surface area contributed by atoms with Gasteiger partial charge in [0, 0.05) is 38.4 Å². The lowest BCUT2D eigenvalue weighted by Crippen LogP contribution is -2.39. The molecule has 0 radical (unpaired) electrons. The molecule has 1 heterocycles. The number of aryl methyl sites for hydroxylation is 1. The Morgan fingerprint density at radius 2 is 1.91 bits per heavy atom. The lowest BCUT2D eigenvalue weighted by atomic mass is 10.1. The van der Waals surface area contributed by atoms with E-state index in [0.29, 0.717) is 12.6 Å². The minimum Gasteiger partial charge on any atom is -0.299 e. The van der Waals surface area contributed by atoms with Crippen molar-refractivity contribution in [3.8, 4) is 0 Å². The lowest BCUT2D eigenvalue weighted by Gasteiger charge is -2.26. The Balaban J connectivity index is 1.89. The number of nitrogens with zero attached hydrogens (tertiary/aromatic N) is 3. The standard InChI is InChI=1S/C17H21N3O2/c1-18(15-9-8-12-6-4-5-7-14(12)15)11-13-10-16(21)20(3)17(22)19(13)2/h4-7,10,15H,8-9,11H2,1-3H3. The number of aromatic nitrogens is 2. The van der Waals surface area contributed by atoms with Gasteiger partial charge in [-0.2, -0.15) is 0 Å². The number of fused-ring (bicyclic) bond motifs is 1. The monoisotopic (exact) mass is 299 g/mol. The van der Waals surface area contributed by atoms with Crippen molar-refractivity contribution in [2.45, 2.75) is 25.4 Å². The van der Waals surface area contributed by atoms with E-state index < -0.39 is 0 Å². The molecule has 22 heavy (non-hydrogen) atoms. The van der Waals surface area contributed by atoms with Crippen LogP contribution in [0.2, 0.25) is 0 Å². The number of benzene rings is 1. The third-order valence-electron chi connectivity index (χ3n) is 4.67. The summed E-state index contributed by atoms with van der Waals surface area (Å²) in [4.78, 5) is 26.1. The fraction of sp³-hybridized carbons (Fsp3) is 0.412. The predicted octanol–water partition coefficient (Wildman–Crippen LogP) is 1.20. The predicted molar refractivity (Wildman–Crippen MR) is 85.9 cm³/mol. The van der Waals surface area contributed by atoms with E-state index in [4.69, 9.17) is 0 Å².